The van der Waals surface area contributed by atoms with Crippen molar-refractivity contribution in [1.82, 2.24) is 10.3 Å². The third-order valence-electron chi connectivity index (χ3n) is 4.21. The van der Waals surface area contributed by atoms with Crippen LogP contribution < -0.4 is 5.32 Å². The normalized spacial score (nSPS) is 25.9. The molecule has 1 atom stereocenters. The standard InChI is InChI=1S/C16H26N2/c1-3-10-18-16(15-8-11-17-12-9-15)14-6-4-13(2)5-7-14/h8-9,11-14,16,18H,3-7,10H2,1-2H3. The molecule has 1 heterocycles. The second-order valence-electron chi connectivity index (χ2n) is 5.73. The van der Waals surface area contributed by atoms with Crippen molar-refractivity contribution in [3.63, 3.8) is 0 Å². The first-order valence-corrected chi connectivity index (χ1v) is 7.44. The summed E-state index contributed by atoms with van der Waals surface area (Å²) >= 11 is 0. The van der Waals surface area contributed by atoms with Gasteiger partial charge in [0.25, 0.3) is 0 Å². The highest BCUT2D eigenvalue weighted by atomic mass is 14.9. The average Bonchev–Trinajstić information content (AvgIpc) is 2.42. The zero-order valence-electron chi connectivity index (χ0n) is 11.7. The van der Waals surface area contributed by atoms with Gasteiger partial charge in [0.2, 0.25) is 0 Å². The van der Waals surface area contributed by atoms with Crippen LogP contribution in [0.15, 0.2) is 24.5 Å². The molecule has 1 fully saturated rings. The zero-order valence-corrected chi connectivity index (χ0v) is 11.7. The molecule has 0 radical (unpaired) electrons. The molecule has 1 aromatic heterocycles. The Bertz CT molecular complexity index is 328. The van der Waals surface area contributed by atoms with Crippen LogP contribution in [0.25, 0.3) is 0 Å². The van der Waals surface area contributed by atoms with Gasteiger partial charge >= 0.3 is 0 Å². The second kappa shape index (κ2) is 6.89. The van der Waals surface area contributed by atoms with Gasteiger partial charge in [-0.1, -0.05) is 26.7 Å². The van der Waals surface area contributed by atoms with Crippen LogP contribution in [0.4, 0.5) is 0 Å². The highest BCUT2D eigenvalue weighted by Gasteiger charge is 2.26. The van der Waals surface area contributed by atoms with Crippen LogP contribution in [-0.2, 0) is 0 Å². The molecule has 1 aromatic rings. The van der Waals surface area contributed by atoms with Crippen LogP contribution in [0.5, 0.6) is 0 Å². The number of nitrogens with zero attached hydrogens (tertiary/aromatic N) is 1. The summed E-state index contributed by atoms with van der Waals surface area (Å²) in [5, 5.41) is 3.74. The van der Waals surface area contributed by atoms with Gasteiger partial charge in [-0.15, -0.1) is 0 Å². The Hall–Kier alpha value is -0.890. The first kappa shape index (κ1) is 13.5. The maximum absolute atomic E-state index is 4.14. The fraction of sp³-hybridized carbons (Fsp3) is 0.688. The molecule has 0 aromatic carbocycles. The fourth-order valence-electron chi connectivity index (χ4n) is 3.05. The lowest BCUT2D eigenvalue weighted by Gasteiger charge is -2.33. The minimum Gasteiger partial charge on any atom is -0.310 e. The lowest BCUT2D eigenvalue weighted by Crippen LogP contribution is -2.31. The summed E-state index contributed by atoms with van der Waals surface area (Å²) in [4.78, 5) is 4.14. The molecule has 1 unspecified atom stereocenters. The molecular weight excluding hydrogens is 220 g/mol. The number of rotatable bonds is 5. The SMILES string of the molecule is CCCNC(c1ccncc1)C1CCC(C)CC1. The summed E-state index contributed by atoms with van der Waals surface area (Å²) in [6.45, 7) is 5.73. The Labute approximate surface area is 111 Å². The van der Waals surface area contributed by atoms with E-state index in [-0.39, 0.29) is 0 Å². The molecule has 2 nitrogen and oxygen atoms in total. The number of hydrogen-bond acceptors (Lipinski definition) is 2. The van der Waals surface area contributed by atoms with E-state index < -0.39 is 0 Å². The van der Waals surface area contributed by atoms with Crippen molar-refractivity contribution in [3.05, 3.63) is 30.1 Å². The molecule has 1 aliphatic rings. The van der Waals surface area contributed by atoms with E-state index in [1.54, 1.807) is 0 Å². The number of nitrogens with one attached hydrogen (secondary N) is 1. The van der Waals surface area contributed by atoms with E-state index in [0.717, 1.165) is 18.4 Å². The Morgan fingerprint density at radius 3 is 2.50 bits per heavy atom. The van der Waals surface area contributed by atoms with Crippen molar-refractivity contribution in [2.75, 3.05) is 6.54 Å². The summed E-state index contributed by atoms with van der Waals surface area (Å²) < 4.78 is 0. The fourth-order valence-corrected chi connectivity index (χ4v) is 3.05. The average molecular weight is 246 g/mol. The predicted octanol–water partition coefficient (Wildman–Crippen LogP) is 3.95. The monoisotopic (exact) mass is 246 g/mol. The van der Waals surface area contributed by atoms with Crippen molar-refractivity contribution in [1.29, 1.82) is 0 Å². The van der Waals surface area contributed by atoms with E-state index >= 15 is 0 Å². The van der Waals surface area contributed by atoms with Gasteiger partial charge in [0, 0.05) is 18.4 Å². The van der Waals surface area contributed by atoms with Crippen molar-refractivity contribution >= 4 is 0 Å². The highest BCUT2D eigenvalue weighted by Crippen LogP contribution is 2.36. The number of aromatic nitrogens is 1. The third kappa shape index (κ3) is 3.55. The summed E-state index contributed by atoms with van der Waals surface area (Å²) in [5.74, 6) is 1.72. The Morgan fingerprint density at radius 2 is 1.89 bits per heavy atom. The van der Waals surface area contributed by atoms with E-state index in [1.165, 1.54) is 37.7 Å². The molecule has 0 spiro atoms. The highest BCUT2D eigenvalue weighted by molar-refractivity contribution is 5.16. The van der Waals surface area contributed by atoms with Gasteiger partial charge in [-0.25, -0.2) is 0 Å². The maximum Gasteiger partial charge on any atom is 0.0349 e. The van der Waals surface area contributed by atoms with Gasteiger partial charge in [-0.2, -0.15) is 0 Å². The molecule has 1 aliphatic carbocycles. The van der Waals surface area contributed by atoms with E-state index in [1.807, 2.05) is 12.4 Å². The first-order valence-electron chi connectivity index (χ1n) is 7.44. The summed E-state index contributed by atoms with van der Waals surface area (Å²) in [5.41, 5.74) is 1.41. The van der Waals surface area contributed by atoms with Crippen LogP contribution in [0.1, 0.15) is 57.6 Å². The Morgan fingerprint density at radius 1 is 1.22 bits per heavy atom. The quantitative estimate of drug-likeness (QED) is 0.851. The van der Waals surface area contributed by atoms with Gasteiger partial charge in [-0.05, 0) is 55.3 Å². The van der Waals surface area contributed by atoms with Crippen LogP contribution in [0.3, 0.4) is 0 Å². The minimum absolute atomic E-state index is 0.528. The predicted molar refractivity (Wildman–Crippen MR) is 76.4 cm³/mol. The molecule has 0 bridgehead atoms. The molecule has 18 heavy (non-hydrogen) atoms. The van der Waals surface area contributed by atoms with E-state index in [9.17, 15) is 0 Å². The maximum atomic E-state index is 4.14. The molecular formula is C16H26N2. The molecule has 0 saturated heterocycles. The topological polar surface area (TPSA) is 24.9 Å². The summed E-state index contributed by atoms with van der Waals surface area (Å²) in [6, 6.07) is 4.87. The molecule has 1 saturated carbocycles. The summed E-state index contributed by atoms with van der Waals surface area (Å²) in [6.07, 6.45) is 10.5. The largest absolute Gasteiger partial charge is 0.310 e. The van der Waals surface area contributed by atoms with Crippen LogP contribution >= 0.6 is 0 Å². The van der Waals surface area contributed by atoms with E-state index in [0.29, 0.717) is 6.04 Å². The van der Waals surface area contributed by atoms with Gasteiger partial charge in [-0.3, -0.25) is 4.98 Å². The first-order chi connectivity index (χ1) is 8.81. The van der Waals surface area contributed by atoms with Crippen LogP contribution in [0, 0.1) is 11.8 Å². The molecule has 2 rings (SSSR count). The Kier molecular flexibility index (Phi) is 5.18. The minimum atomic E-state index is 0.528. The van der Waals surface area contributed by atoms with Crippen LogP contribution in [-0.4, -0.2) is 11.5 Å². The third-order valence-corrected chi connectivity index (χ3v) is 4.21. The van der Waals surface area contributed by atoms with Gasteiger partial charge < -0.3 is 5.32 Å². The molecule has 100 valence electrons. The molecule has 0 aliphatic heterocycles. The van der Waals surface area contributed by atoms with Crippen molar-refractivity contribution < 1.29 is 0 Å². The smallest absolute Gasteiger partial charge is 0.0349 e. The lowest BCUT2D eigenvalue weighted by molar-refractivity contribution is 0.231. The molecule has 2 heteroatoms. The lowest BCUT2D eigenvalue weighted by atomic mass is 9.77. The van der Waals surface area contributed by atoms with Gasteiger partial charge in [0.05, 0.1) is 0 Å². The number of pyridine rings is 1. The zero-order chi connectivity index (χ0) is 12.8. The summed E-state index contributed by atoms with van der Waals surface area (Å²) in [7, 11) is 0. The van der Waals surface area contributed by atoms with Crippen molar-refractivity contribution in [2.24, 2.45) is 11.8 Å². The van der Waals surface area contributed by atoms with Crippen molar-refractivity contribution in [3.8, 4) is 0 Å². The molecule has 1 N–H and O–H groups in total. The van der Waals surface area contributed by atoms with Gasteiger partial charge in [0.15, 0.2) is 0 Å². The van der Waals surface area contributed by atoms with Crippen molar-refractivity contribution in [2.45, 2.75) is 52.0 Å². The van der Waals surface area contributed by atoms with Crippen LogP contribution in [0.2, 0.25) is 0 Å². The van der Waals surface area contributed by atoms with E-state index in [2.05, 4.69) is 36.3 Å². The second-order valence-corrected chi connectivity index (χ2v) is 5.73. The molecule has 0 amide bonds. The Balaban J connectivity index is 2.05. The van der Waals surface area contributed by atoms with Gasteiger partial charge in [0.1, 0.15) is 0 Å². The van der Waals surface area contributed by atoms with E-state index in [4.69, 9.17) is 0 Å². The number of hydrogen-bond donors (Lipinski definition) is 1.